The average Bonchev–Trinajstić information content (AvgIpc) is 3.00. The number of phenolic OH excluding ortho intramolecular Hbond substituents is 1. The molecule has 3 rings (SSSR count). The molecule has 0 aliphatic heterocycles. The summed E-state index contributed by atoms with van der Waals surface area (Å²) in [5, 5.41) is 17.2. The summed E-state index contributed by atoms with van der Waals surface area (Å²) in [4.78, 5) is 12.0. The fourth-order valence-electron chi connectivity index (χ4n) is 2.37. The van der Waals surface area contributed by atoms with Gasteiger partial charge in [-0.05, 0) is 42.7 Å². The highest BCUT2D eigenvalue weighted by Gasteiger charge is 2.37. The minimum absolute atomic E-state index is 0.0562. The van der Waals surface area contributed by atoms with Gasteiger partial charge in [0.15, 0.2) is 5.76 Å². The molecule has 0 bridgehead atoms. The first-order chi connectivity index (χ1) is 10.8. The van der Waals surface area contributed by atoms with E-state index in [2.05, 4.69) is 12.2 Å². The highest BCUT2D eigenvalue weighted by atomic mass is 32.2. The monoisotopic (exact) mass is 336 g/mol. The summed E-state index contributed by atoms with van der Waals surface area (Å²) in [7, 11) is -3.93. The van der Waals surface area contributed by atoms with E-state index in [-0.39, 0.29) is 22.1 Å². The molecular weight excluding hydrogens is 320 g/mol. The largest absolute Gasteiger partial charge is 0.506 e. The molecule has 0 spiro atoms. The highest BCUT2D eigenvalue weighted by molar-refractivity contribution is 7.89. The van der Waals surface area contributed by atoms with E-state index >= 15 is 0 Å². The number of rotatable bonds is 4. The minimum atomic E-state index is -3.93. The molecule has 2 aromatic rings. The molecule has 4 N–H and O–H groups in total. The second-order valence-corrected chi connectivity index (χ2v) is 7.26. The molecule has 23 heavy (non-hydrogen) atoms. The molecule has 1 fully saturated rings. The predicted molar refractivity (Wildman–Crippen MR) is 82.7 cm³/mol. The maximum absolute atomic E-state index is 12.2. The quantitative estimate of drug-likeness (QED) is 0.737. The standard InChI is InChI=1S/C15H16N2O5S/c1-8-6-10(8)13-4-5-14(22-13)15(19)17-11-7-9(23(16,20)21)2-3-12(11)18/h2-5,7-8,10,18H,6H2,1H3,(H,17,19)(H2,16,20,21)/t8-,10-/m1/s1. The van der Waals surface area contributed by atoms with Crippen molar-refractivity contribution in [1.82, 2.24) is 0 Å². The van der Waals surface area contributed by atoms with Gasteiger partial charge in [-0.2, -0.15) is 0 Å². The Labute approximate surface area is 133 Å². The molecule has 1 aromatic carbocycles. The molecular formula is C15H16N2O5S. The molecule has 1 amide bonds. The summed E-state index contributed by atoms with van der Waals surface area (Å²) in [6.07, 6.45) is 1.03. The highest BCUT2D eigenvalue weighted by Crippen LogP contribution is 2.47. The molecule has 1 aliphatic rings. The number of carbonyl (C=O) groups is 1. The zero-order chi connectivity index (χ0) is 16.8. The summed E-state index contributed by atoms with van der Waals surface area (Å²) in [6, 6.07) is 6.70. The number of nitrogens with one attached hydrogen (secondary N) is 1. The number of hydrogen-bond acceptors (Lipinski definition) is 5. The summed E-state index contributed by atoms with van der Waals surface area (Å²) in [5.41, 5.74) is -0.0562. The van der Waals surface area contributed by atoms with Crippen LogP contribution in [0.5, 0.6) is 5.75 Å². The second-order valence-electron chi connectivity index (χ2n) is 5.70. The summed E-state index contributed by atoms with van der Waals surface area (Å²) >= 11 is 0. The molecule has 1 aliphatic carbocycles. The van der Waals surface area contributed by atoms with Gasteiger partial charge in [-0.25, -0.2) is 13.6 Å². The zero-order valence-electron chi connectivity index (χ0n) is 12.3. The van der Waals surface area contributed by atoms with E-state index in [0.717, 1.165) is 30.4 Å². The molecule has 0 saturated heterocycles. The van der Waals surface area contributed by atoms with Crippen LogP contribution in [-0.2, 0) is 10.0 Å². The van der Waals surface area contributed by atoms with Crippen LogP contribution in [0.15, 0.2) is 39.6 Å². The third kappa shape index (κ3) is 3.22. The van der Waals surface area contributed by atoms with E-state index in [4.69, 9.17) is 9.56 Å². The van der Waals surface area contributed by atoms with Gasteiger partial charge in [-0.15, -0.1) is 0 Å². The van der Waals surface area contributed by atoms with Crippen molar-refractivity contribution in [1.29, 1.82) is 0 Å². The Kier molecular flexibility index (Phi) is 3.65. The fourth-order valence-corrected chi connectivity index (χ4v) is 2.91. The lowest BCUT2D eigenvalue weighted by Crippen LogP contribution is -2.14. The Morgan fingerprint density at radius 2 is 2.04 bits per heavy atom. The van der Waals surface area contributed by atoms with Gasteiger partial charge in [0.1, 0.15) is 11.5 Å². The van der Waals surface area contributed by atoms with Crippen LogP contribution in [0.2, 0.25) is 0 Å². The van der Waals surface area contributed by atoms with E-state index in [1.165, 1.54) is 0 Å². The first-order valence-corrected chi connectivity index (χ1v) is 8.57. The Bertz CT molecular complexity index is 872. The molecule has 0 unspecified atom stereocenters. The maximum Gasteiger partial charge on any atom is 0.291 e. The smallest absolute Gasteiger partial charge is 0.291 e. The van der Waals surface area contributed by atoms with Gasteiger partial charge in [0.05, 0.1) is 10.6 Å². The van der Waals surface area contributed by atoms with Gasteiger partial charge in [-0.1, -0.05) is 6.92 Å². The first-order valence-electron chi connectivity index (χ1n) is 7.02. The van der Waals surface area contributed by atoms with Crippen molar-refractivity contribution in [3.63, 3.8) is 0 Å². The molecule has 122 valence electrons. The number of amides is 1. The van der Waals surface area contributed by atoms with Crippen LogP contribution in [-0.4, -0.2) is 19.4 Å². The Hall–Kier alpha value is -2.32. The SMILES string of the molecule is C[C@@H]1C[C@H]1c1ccc(C(=O)Nc2cc(S(N)(=O)=O)ccc2O)o1. The number of furan rings is 1. The van der Waals surface area contributed by atoms with Crippen LogP contribution in [0.3, 0.4) is 0 Å². The normalized spacial score (nSPS) is 20.3. The van der Waals surface area contributed by atoms with Gasteiger partial charge in [0, 0.05) is 5.92 Å². The third-order valence-corrected chi connectivity index (χ3v) is 4.78. The number of sulfonamides is 1. The van der Waals surface area contributed by atoms with Crippen molar-refractivity contribution in [2.24, 2.45) is 11.1 Å². The van der Waals surface area contributed by atoms with Crippen LogP contribution < -0.4 is 10.5 Å². The van der Waals surface area contributed by atoms with Crippen LogP contribution in [0, 0.1) is 5.92 Å². The topological polar surface area (TPSA) is 123 Å². The maximum atomic E-state index is 12.2. The molecule has 1 aromatic heterocycles. The van der Waals surface area contributed by atoms with Gasteiger partial charge < -0.3 is 14.8 Å². The molecule has 1 heterocycles. The molecule has 8 heteroatoms. The number of benzene rings is 1. The Balaban J connectivity index is 1.81. The summed E-state index contributed by atoms with van der Waals surface area (Å²) < 4.78 is 28.2. The van der Waals surface area contributed by atoms with E-state index in [1.54, 1.807) is 12.1 Å². The van der Waals surface area contributed by atoms with Gasteiger partial charge in [0.25, 0.3) is 5.91 Å². The molecule has 7 nitrogen and oxygen atoms in total. The average molecular weight is 336 g/mol. The molecule has 1 saturated carbocycles. The van der Waals surface area contributed by atoms with Crippen LogP contribution in [0.25, 0.3) is 0 Å². The van der Waals surface area contributed by atoms with Crippen molar-refractivity contribution in [2.45, 2.75) is 24.2 Å². The molecule has 0 radical (unpaired) electrons. The summed E-state index contributed by atoms with van der Waals surface area (Å²) in [6.45, 7) is 2.10. The van der Waals surface area contributed by atoms with Gasteiger partial charge in [-0.3, -0.25) is 4.79 Å². The predicted octanol–water partition coefficient (Wildman–Crippen LogP) is 2.01. The van der Waals surface area contributed by atoms with Crippen LogP contribution in [0.4, 0.5) is 5.69 Å². The van der Waals surface area contributed by atoms with E-state index in [9.17, 15) is 18.3 Å². The Morgan fingerprint density at radius 3 is 2.65 bits per heavy atom. The second kappa shape index (κ2) is 5.39. The summed E-state index contributed by atoms with van der Waals surface area (Å²) in [5.74, 6) is 0.896. The zero-order valence-corrected chi connectivity index (χ0v) is 13.1. The molecule has 2 atom stereocenters. The number of anilines is 1. The fraction of sp³-hybridized carbons (Fsp3) is 0.267. The lowest BCUT2D eigenvalue weighted by Gasteiger charge is -2.07. The number of phenols is 1. The van der Waals surface area contributed by atoms with E-state index in [0.29, 0.717) is 11.8 Å². The number of carbonyl (C=O) groups excluding carboxylic acids is 1. The number of aromatic hydroxyl groups is 1. The number of nitrogens with two attached hydrogens (primary N) is 1. The number of primary sulfonamides is 1. The van der Waals surface area contributed by atoms with Crippen molar-refractivity contribution in [3.05, 3.63) is 41.9 Å². The lowest BCUT2D eigenvalue weighted by atomic mass is 10.2. The van der Waals surface area contributed by atoms with Crippen LogP contribution in [0.1, 0.15) is 35.6 Å². The van der Waals surface area contributed by atoms with E-state index < -0.39 is 15.9 Å². The Morgan fingerprint density at radius 1 is 1.35 bits per heavy atom. The van der Waals surface area contributed by atoms with Gasteiger partial charge in [0.2, 0.25) is 10.0 Å². The first kappa shape index (κ1) is 15.6. The lowest BCUT2D eigenvalue weighted by molar-refractivity contribution is 0.0994. The van der Waals surface area contributed by atoms with Crippen LogP contribution >= 0.6 is 0 Å². The third-order valence-electron chi connectivity index (χ3n) is 3.87. The van der Waals surface area contributed by atoms with Crippen molar-refractivity contribution in [2.75, 3.05) is 5.32 Å². The van der Waals surface area contributed by atoms with Crippen molar-refractivity contribution >= 4 is 21.6 Å². The van der Waals surface area contributed by atoms with Crippen molar-refractivity contribution < 1.29 is 22.7 Å². The minimum Gasteiger partial charge on any atom is -0.506 e. The van der Waals surface area contributed by atoms with Gasteiger partial charge >= 0.3 is 0 Å². The van der Waals surface area contributed by atoms with Crippen molar-refractivity contribution in [3.8, 4) is 5.75 Å². The van der Waals surface area contributed by atoms with E-state index in [1.807, 2.05) is 0 Å². The number of hydrogen-bond donors (Lipinski definition) is 3.